The number of hydrogen-bond donors (Lipinski definition) is 0. The number of piperazine rings is 1. The van der Waals surface area contributed by atoms with Crippen molar-refractivity contribution < 1.29 is 4.74 Å². The van der Waals surface area contributed by atoms with E-state index in [9.17, 15) is 0 Å². The van der Waals surface area contributed by atoms with Crippen molar-refractivity contribution in [2.24, 2.45) is 0 Å². The summed E-state index contributed by atoms with van der Waals surface area (Å²) in [4.78, 5) is 5.21. The Hall–Kier alpha value is -1.48. The zero-order chi connectivity index (χ0) is 26.2. The zero-order valence-corrected chi connectivity index (χ0v) is 24.6. The molecule has 1 fully saturated rings. The SMILES string of the molecule is C=CCCCCCCCCCOc1ccc(N2CCN(CCCCCCCCCCCCC)CC2)cc1. The molecule has 0 saturated carbocycles. The summed E-state index contributed by atoms with van der Waals surface area (Å²) >= 11 is 0. The third-order valence-electron chi connectivity index (χ3n) is 7.97. The first-order chi connectivity index (χ1) is 18.3. The maximum Gasteiger partial charge on any atom is 0.119 e. The van der Waals surface area contributed by atoms with Gasteiger partial charge in [-0.05, 0) is 56.5 Å². The van der Waals surface area contributed by atoms with Crippen LogP contribution in [0.2, 0.25) is 0 Å². The highest BCUT2D eigenvalue weighted by Crippen LogP contribution is 2.21. The summed E-state index contributed by atoms with van der Waals surface area (Å²) in [6.45, 7) is 12.9. The molecule has 0 aromatic heterocycles. The Balaban J connectivity index is 1.43. The van der Waals surface area contributed by atoms with Crippen molar-refractivity contribution in [1.29, 1.82) is 0 Å². The number of anilines is 1. The lowest BCUT2D eigenvalue weighted by Crippen LogP contribution is -2.46. The van der Waals surface area contributed by atoms with E-state index in [-0.39, 0.29) is 0 Å². The first-order valence-corrected chi connectivity index (χ1v) is 16.1. The van der Waals surface area contributed by atoms with Crippen molar-refractivity contribution in [2.45, 2.75) is 129 Å². The van der Waals surface area contributed by atoms with Crippen molar-refractivity contribution in [3.8, 4) is 5.75 Å². The molecule has 1 aromatic rings. The monoisotopic (exact) mass is 512 g/mol. The number of rotatable bonds is 24. The predicted octanol–water partition coefficient (Wildman–Crippen LogP) is 9.81. The first-order valence-electron chi connectivity index (χ1n) is 16.1. The molecule has 0 aliphatic carbocycles. The van der Waals surface area contributed by atoms with Crippen LogP contribution in [0.25, 0.3) is 0 Å². The highest BCUT2D eigenvalue weighted by Gasteiger charge is 2.16. The molecule has 1 saturated heterocycles. The number of benzene rings is 1. The Bertz CT molecular complexity index is 636. The first kappa shape index (κ1) is 31.7. The van der Waals surface area contributed by atoms with E-state index in [1.54, 1.807) is 0 Å². The summed E-state index contributed by atoms with van der Waals surface area (Å²) in [6, 6.07) is 8.81. The Morgan fingerprint density at radius 3 is 1.73 bits per heavy atom. The standard InChI is InChI=1S/C34H60N2O/c1-3-5-7-9-11-13-14-15-17-19-21-27-35-28-30-36(31-29-35)33-23-25-34(26-24-33)37-32-22-20-18-16-12-10-8-6-4-2/h4,23-26H,2-3,5-22,27-32H2,1H3. The molecule has 2 rings (SSSR count). The fourth-order valence-corrected chi connectivity index (χ4v) is 5.45. The third-order valence-corrected chi connectivity index (χ3v) is 7.97. The van der Waals surface area contributed by atoms with E-state index in [4.69, 9.17) is 4.74 Å². The summed E-state index contributed by atoms with van der Waals surface area (Å²) in [7, 11) is 0. The average molecular weight is 513 g/mol. The van der Waals surface area contributed by atoms with Gasteiger partial charge in [0, 0.05) is 31.9 Å². The zero-order valence-electron chi connectivity index (χ0n) is 24.6. The minimum Gasteiger partial charge on any atom is -0.494 e. The van der Waals surface area contributed by atoms with Crippen LogP contribution in [-0.2, 0) is 0 Å². The van der Waals surface area contributed by atoms with E-state index >= 15 is 0 Å². The van der Waals surface area contributed by atoms with Gasteiger partial charge in [-0.3, -0.25) is 4.90 Å². The molecular formula is C34H60N2O. The van der Waals surface area contributed by atoms with Crippen LogP contribution in [-0.4, -0.2) is 44.2 Å². The van der Waals surface area contributed by atoms with Crippen molar-refractivity contribution in [3.05, 3.63) is 36.9 Å². The molecule has 1 aromatic carbocycles. The Morgan fingerprint density at radius 1 is 0.649 bits per heavy atom. The van der Waals surface area contributed by atoms with Gasteiger partial charge >= 0.3 is 0 Å². The van der Waals surface area contributed by atoms with Crippen LogP contribution in [0.4, 0.5) is 5.69 Å². The van der Waals surface area contributed by atoms with Gasteiger partial charge in [-0.15, -0.1) is 6.58 Å². The maximum absolute atomic E-state index is 5.99. The predicted molar refractivity (Wildman–Crippen MR) is 164 cm³/mol. The summed E-state index contributed by atoms with van der Waals surface area (Å²) in [5, 5.41) is 0. The van der Waals surface area contributed by atoms with Gasteiger partial charge in [0.25, 0.3) is 0 Å². The van der Waals surface area contributed by atoms with E-state index < -0.39 is 0 Å². The molecule has 3 nitrogen and oxygen atoms in total. The van der Waals surface area contributed by atoms with E-state index in [1.807, 2.05) is 6.08 Å². The van der Waals surface area contributed by atoms with E-state index in [2.05, 4.69) is 47.6 Å². The smallest absolute Gasteiger partial charge is 0.119 e. The largest absolute Gasteiger partial charge is 0.494 e. The molecule has 37 heavy (non-hydrogen) atoms. The molecule has 1 aliphatic rings. The lowest BCUT2D eigenvalue weighted by molar-refractivity contribution is 0.252. The molecule has 0 amide bonds. The number of ether oxygens (including phenoxy) is 1. The third kappa shape index (κ3) is 16.2. The number of allylic oxidation sites excluding steroid dienone is 1. The van der Waals surface area contributed by atoms with Gasteiger partial charge in [0.15, 0.2) is 0 Å². The highest BCUT2D eigenvalue weighted by molar-refractivity contribution is 5.49. The molecule has 0 radical (unpaired) electrons. The van der Waals surface area contributed by atoms with Gasteiger partial charge in [-0.25, -0.2) is 0 Å². The lowest BCUT2D eigenvalue weighted by atomic mass is 10.1. The Morgan fingerprint density at radius 2 is 1.16 bits per heavy atom. The van der Waals surface area contributed by atoms with Crippen LogP contribution >= 0.6 is 0 Å². The summed E-state index contributed by atoms with van der Waals surface area (Å²) in [5.41, 5.74) is 1.35. The van der Waals surface area contributed by atoms with Crippen LogP contribution in [0.15, 0.2) is 36.9 Å². The molecule has 1 aliphatic heterocycles. The van der Waals surface area contributed by atoms with Crippen molar-refractivity contribution in [1.82, 2.24) is 4.90 Å². The fourth-order valence-electron chi connectivity index (χ4n) is 5.45. The van der Waals surface area contributed by atoms with Gasteiger partial charge < -0.3 is 9.64 Å². The van der Waals surface area contributed by atoms with Crippen LogP contribution in [0.1, 0.15) is 129 Å². The van der Waals surface area contributed by atoms with Gasteiger partial charge in [0.2, 0.25) is 0 Å². The van der Waals surface area contributed by atoms with Crippen LogP contribution in [0, 0.1) is 0 Å². The number of unbranched alkanes of at least 4 members (excludes halogenated alkanes) is 17. The second-order valence-corrected chi connectivity index (χ2v) is 11.3. The van der Waals surface area contributed by atoms with Crippen LogP contribution in [0.3, 0.4) is 0 Å². The van der Waals surface area contributed by atoms with Gasteiger partial charge in [-0.1, -0.05) is 109 Å². The molecule has 0 spiro atoms. The minimum absolute atomic E-state index is 0.841. The molecule has 212 valence electrons. The van der Waals surface area contributed by atoms with Crippen molar-refractivity contribution in [2.75, 3.05) is 44.2 Å². The van der Waals surface area contributed by atoms with E-state index in [0.717, 1.165) is 31.9 Å². The summed E-state index contributed by atoms with van der Waals surface area (Å²) < 4.78 is 5.99. The molecule has 3 heteroatoms. The maximum atomic E-state index is 5.99. The Kier molecular flexibility index (Phi) is 19.3. The number of nitrogens with zero attached hydrogens (tertiary/aromatic N) is 2. The van der Waals surface area contributed by atoms with Gasteiger partial charge in [0.1, 0.15) is 5.75 Å². The van der Waals surface area contributed by atoms with Crippen molar-refractivity contribution in [3.63, 3.8) is 0 Å². The highest BCUT2D eigenvalue weighted by atomic mass is 16.5. The molecule has 0 unspecified atom stereocenters. The summed E-state index contributed by atoms with van der Waals surface area (Å²) in [6.07, 6.45) is 28.1. The minimum atomic E-state index is 0.841. The van der Waals surface area contributed by atoms with Crippen LogP contribution in [0.5, 0.6) is 5.75 Å². The quantitative estimate of drug-likeness (QED) is 0.101. The molecule has 0 atom stereocenters. The molecular weight excluding hydrogens is 452 g/mol. The van der Waals surface area contributed by atoms with E-state index in [1.165, 1.54) is 141 Å². The second-order valence-electron chi connectivity index (χ2n) is 11.3. The van der Waals surface area contributed by atoms with Crippen LogP contribution < -0.4 is 9.64 Å². The normalized spacial score (nSPS) is 14.2. The molecule has 1 heterocycles. The molecule has 0 bridgehead atoms. The second kappa shape index (κ2) is 22.5. The van der Waals surface area contributed by atoms with E-state index in [0.29, 0.717) is 0 Å². The van der Waals surface area contributed by atoms with Gasteiger partial charge in [-0.2, -0.15) is 0 Å². The number of hydrogen-bond acceptors (Lipinski definition) is 3. The summed E-state index contributed by atoms with van der Waals surface area (Å²) in [5.74, 6) is 1.02. The average Bonchev–Trinajstić information content (AvgIpc) is 2.93. The lowest BCUT2D eigenvalue weighted by Gasteiger charge is -2.36. The van der Waals surface area contributed by atoms with Gasteiger partial charge in [0.05, 0.1) is 6.61 Å². The molecule has 0 N–H and O–H groups in total. The fraction of sp³-hybridized carbons (Fsp3) is 0.765. The van der Waals surface area contributed by atoms with Crippen molar-refractivity contribution >= 4 is 5.69 Å². The topological polar surface area (TPSA) is 15.7 Å². The Labute approximate surface area is 231 Å².